The van der Waals surface area contributed by atoms with Crippen molar-refractivity contribution >= 4 is 17.7 Å². The lowest BCUT2D eigenvalue weighted by atomic mass is 10.1. The van der Waals surface area contributed by atoms with Crippen molar-refractivity contribution in [3.63, 3.8) is 0 Å². The predicted octanol–water partition coefficient (Wildman–Crippen LogP) is 2.97. The first-order chi connectivity index (χ1) is 13.5. The largest absolute Gasteiger partial charge is 0.337 e. The third-order valence-corrected chi connectivity index (χ3v) is 5.32. The maximum absolute atomic E-state index is 12.5. The van der Waals surface area contributed by atoms with Crippen LogP contribution in [-0.4, -0.2) is 48.5 Å². The van der Waals surface area contributed by atoms with Gasteiger partial charge in [0.25, 0.3) is 0 Å². The summed E-state index contributed by atoms with van der Waals surface area (Å²) in [6.07, 6.45) is 0.701. The number of aromatic nitrogens is 5. The molecular weight excluding hydrogens is 376 g/mol. The number of aryl methyl sites for hydroxylation is 2. The van der Waals surface area contributed by atoms with Crippen molar-refractivity contribution in [3.8, 4) is 11.4 Å². The first-order valence-electron chi connectivity index (χ1n) is 9.20. The van der Waals surface area contributed by atoms with E-state index >= 15 is 0 Å². The molecule has 1 aromatic carbocycles. The zero-order valence-electron chi connectivity index (χ0n) is 16.5. The second-order valence-corrected chi connectivity index (χ2v) is 7.30. The Hall–Kier alpha value is -2.68. The van der Waals surface area contributed by atoms with Gasteiger partial charge in [-0.05, 0) is 19.4 Å². The Balaban J connectivity index is 1.65. The smallest absolute Gasteiger partial charge is 0.246 e. The Morgan fingerprint density at radius 1 is 1.25 bits per heavy atom. The van der Waals surface area contributed by atoms with Crippen LogP contribution in [0.4, 0.5) is 0 Å². The van der Waals surface area contributed by atoms with Crippen LogP contribution in [0.3, 0.4) is 0 Å². The molecule has 9 heteroatoms. The van der Waals surface area contributed by atoms with Crippen LogP contribution >= 0.6 is 11.8 Å². The van der Waals surface area contributed by atoms with E-state index in [2.05, 4.69) is 33.3 Å². The average Bonchev–Trinajstić information content (AvgIpc) is 3.32. The van der Waals surface area contributed by atoms with Crippen molar-refractivity contribution in [1.82, 2.24) is 29.8 Å². The number of hydrogen-bond donors (Lipinski definition) is 0. The number of carbonyl (C=O) groups is 1. The van der Waals surface area contributed by atoms with Crippen molar-refractivity contribution in [2.45, 2.75) is 45.4 Å². The minimum Gasteiger partial charge on any atom is -0.337 e. The maximum Gasteiger partial charge on any atom is 0.246 e. The van der Waals surface area contributed by atoms with E-state index in [4.69, 9.17) is 4.52 Å². The van der Waals surface area contributed by atoms with Gasteiger partial charge in [-0.25, -0.2) is 0 Å². The van der Waals surface area contributed by atoms with Gasteiger partial charge in [-0.15, -0.1) is 10.2 Å². The number of nitrogens with zero attached hydrogens (tertiary/aromatic N) is 6. The Bertz CT molecular complexity index is 952. The molecule has 3 rings (SSSR count). The van der Waals surface area contributed by atoms with Crippen molar-refractivity contribution in [2.24, 2.45) is 0 Å². The summed E-state index contributed by atoms with van der Waals surface area (Å²) in [6, 6.07) is 8.08. The van der Waals surface area contributed by atoms with Gasteiger partial charge in [0.05, 0.1) is 12.3 Å². The lowest BCUT2D eigenvalue weighted by Crippen LogP contribution is -2.28. The van der Waals surface area contributed by atoms with Gasteiger partial charge >= 0.3 is 0 Å². The van der Waals surface area contributed by atoms with Gasteiger partial charge in [-0.1, -0.05) is 48.1 Å². The van der Waals surface area contributed by atoms with Gasteiger partial charge in [0, 0.05) is 25.6 Å². The quantitative estimate of drug-likeness (QED) is 0.537. The van der Waals surface area contributed by atoms with E-state index < -0.39 is 0 Å². The topological polar surface area (TPSA) is 89.9 Å². The number of amides is 1. The zero-order chi connectivity index (χ0) is 20.1. The molecule has 0 bridgehead atoms. The van der Waals surface area contributed by atoms with Crippen molar-refractivity contribution in [1.29, 1.82) is 0 Å². The molecule has 0 aliphatic carbocycles. The number of hydrogen-bond acceptors (Lipinski definition) is 7. The molecule has 0 radical (unpaired) electrons. The summed E-state index contributed by atoms with van der Waals surface area (Å²) in [6.45, 7) is 7.07. The van der Waals surface area contributed by atoms with Crippen LogP contribution in [0.2, 0.25) is 0 Å². The fourth-order valence-electron chi connectivity index (χ4n) is 2.73. The molecule has 2 aromatic heterocycles. The van der Waals surface area contributed by atoms with Crippen molar-refractivity contribution in [2.75, 3.05) is 12.8 Å². The lowest BCUT2D eigenvalue weighted by molar-refractivity contribution is -0.127. The summed E-state index contributed by atoms with van der Waals surface area (Å²) >= 11 is 1.38. The highest BCUT2D eigenvalue weighted by molar-refractivity contribution is 7.99. The first-order valence-corrected chi connectivity index (χ1v) is 10.2. The number of benzene rings is 1. The SMILES string of the molecule is CCc1noc(CN(C)C(=O)CSc2nnc(-c3ccccc3C)n2CC)n1. The first kappa shape index (κ1) is 20.1. The van der Waals surface area contributed by atoms with Gasteiger partial charge in [-0.2, -0.15) is 4.98 Å². The summed E-state index contributed by atoms with van der Waals surface area (Å²) in [5, 5.41) is 13.2. The molecule has 0 saturated heterocycles. The van der Waals surface area contributed by atoms with Gasteiger partial charge in [-0.3, -0.25) is 4.79 Å². The molecule has 0 saturated carbocycles. The standard InChI is InChI=1S/C19H24N6O2S/c1-5-15-20-16(27-23-15)11-24(4)17(26)12-28-19-22-21-18(25(19)6-2)14-10-8-7-9-13(14)3/h7-10H,5-6,11-12H2,1-4H3. The average molecular weight is 401 g/mol. The second-order valence-electron chi connectivity index (χ2n) is 6.36. The molecule has 0 N–H and O–H groups in total. The molecule has 148 valence electrons. The van der Waals surface area contributed by atoms with E-state index in [-0.39, 0.29) is 11.7 Å². The lowest BCUT2D eigenvalue weighted by Gasteiger charge is -2.14. The Morgan fingerprint density at radius 2 is 2.04 bits per heavy atom. The molecule has 3 aromatic rings. The summed E-state index contributed by atoms with van der Waals surface area (Å²) in [7, 11) is 1.72. The molecule has 1 amide bonds. The fraction of sp³-hybridized carbons (Fsp3) is 0.421. The minimum absolute atomic E-state index is 0.0376. The van der Waals surface area contributed by atoms with Gasteiger partial charge < -0.3 is 14.0 Å². The van der Waals surface area contributed by atoms with Crippen LogP contribution in [0.25, 0.3) is 11.4 Å². The third kappa shape index (κ3) is 4.41. The summed E-state index contributed by atoms with van der Waals surface area (Å²) in [5.41, 5.74) is 2.19. The van der Waals surface area contributed by atoms with Crippen molar-refractivity contribution in [3.05, 3.63) is 41.5 Å². The predicted molar refractivity (Wildman–Crippen MR) is 107 cm³/mol. The van der Waals surface area contributed by atoms with E-state index in [0.717, 1.165) is 28.7 Å². The minimum atomic E-state index is -0.0376. The van der Waals surface area contributed by atoms with E-state index in [1.165, 1.54) is 11.8 Å². The second kappa shape index (κ2) is 9.01. The molecule has 0 spiro atoms. The monoisotopic (exact) mass is 400 g/mol. The molecule has 0 atom stereocenters. The highest BCUT2D eigenvalue weighted by atomic mass is 32.2. The van der Waals surface area contributed by atoms with Crippen LogP contribution < -0.4 is 0 Å². The van der Waals surface area contributed by atoms with Crippen LogP contribution in [-0.2, 0) is 24.3 Å². The van der Waals surface area contributed by atoms with Gasteiger partial charge in [0.2, 0.25) is 11.8 Å². The van der Waals surface area contributed by atoms with E-state index in [9.17, 15) is 4.79 Å². The summed E-state index contributed by atoms with van der Waals surface area (Å²) < 4.78 is 7.18. The van der Waals surface area contributed by atoms with Gasteiger partial charge in [0.1, 0.15) is 0 Å². The molecule has 0 aliphatic heterocycles. The number of thioether (sulfide) groups is 1. The van der Waals surface area contributed by atoms with Crippen LogP contribution in [0.15, 0.2) is 33.9 Å². The van der Waals surface area contributed by atoms with E-state index in [1.807, 2.05) is 36.6 Å². The maximum atomic E-state index is 12.5. The zero-order valence-corrected chi connectivity index (χ0v) is 17.4. The molecular formula is C19H24N6O2S. The molecule has 0 unspecified atom stereocenters. The Morgan fingerprint density at radius 3 is 2.71 bits per heavy atom. The van der Waals surface area contributed by atoms with E-state index in [1.54, 1.807) is 11.9 Å². The normalized spacial score (nSPS) is 11.0. The molecule has 8 nitrogen and oxygen atoms in total. The Kier molecular flexibility index (Phi) is 6.45. The highest BCUT2D eigenvalue weighted by Crippen LogP contribution is 2.26. The summed E-state index contributed by atoms with van der Waals surface area (Å²) in [4.78, 5) is 18.3. The summed E-state index contributed by atoms with van der Waals surface area (Å²) in [5.74, 6) is 2.13. The molecule has 0 fully saturated rings. The highest BCUT2D eigenvalue weighted by Gasteiger charge is 2.18. The van der Waals surface area contributed by atoms with Crippen LogP contribution in [0.5, 0.6) is 0 Å². The fourth-order valence-corrected chi connectivity index (χ4v) is 3.67. The molecule has 2 heterocycles. The third-order valence-electron chi connectivity index (χ3n) is 4.37. The van der Waals surface area contributed by atoms with E-state index in [0.29, 0.717) is 24.7 Å². The van der Waals surface area contributed by atoms with Crippen molar-refractivity contribution < 1.29 is 9.32 Å². The molecule has 28 heavy (non-hydrogen) atoms. The molecule has 0 aliphatic rings. The number of rotatable bonds is 8. The number of carbonyl (C=O) groups excluding carboxylic acids is 1. The van der Waals surface area contributed by atoms with Crippen LogP contribution in [0.1, 0.15) is 31.1 Å². The Labute approximate surface area is 168 Å². The van der Waals surface area contributed by atoms with Crippen LogP contribution in [0, 0.1) is 6.92 Å². The van der Waals surface area contributed by atoms with Gasteiger partial charge in [0.15, 0.2) is 16.8 Å².